The van der Waals surface area contributed by atoms with Crippen LogP contribution in [0.1, 0.15) is 0 Å². The Morgan fingerprint density at radius 2 is 1.08 bits per heavy atom. The third-order valence-corrected chi connectivity index (χ3v) is 4.64. The van der Waals surface area contributed by atoms with E-state index < -0.39 is 0 Å². The topological polar surface area (TPSA) is 38.7 Å². The Hall–Kier alpha value is -2.49. The first-order chi connectivity index (χ1) is 11.7. The molecule has 1 heterocycles. The Morgan fingerprint density at radius 1 is 0.583 bits per heavy atom. The van der Waals surface area contributed by atoms with Gasteiger partial charge in [-0.3, -0.25) is 0 Å². The number of aromatic nitrogens is 3. The molecule has 0 saturated carbocycles. The highest BCUT2D eigenvalue weighted by Crippen LogP contribution is 2.36. The quantitative estimate of drug-likeness (QED) is 0.362. The highest BCUT2D eigenvalue weighted by atomic mass is 35.5. The summed E-state index contributed by atoms with van der Waals surface area (Å²) in [6.45, 7) is 0. The molecule has 0 spiro atoms. The van der Waals surface area contributed by atoms with Crippen LogP contribution in [0.5, 0.6) is 0 Å². The fraction of sp³-hybridized carbons (Fsp3) is 0. The summed E-state index contributed by atoms with van der Waals surface area (Å²) in [5.74, 6) is 0.477. The summed E-state index contributed by atoms with van der Waals surface area (Å²) < 4.78 is 0. The van der Waals surface area contributed by atoms with Crippen LogP contribution in [-0.4, -0.2) is 15.0 Å². The second-order valence-corrected chi connectivity index (χ2v) is 6.38. The molecule has 0 aliphatic heterocycles. The van der Waals surface area contributed by atoms with Crippen LogP contribution in [0.4, 0.5) is 0 Å². The van der Waals surface area contributed by atoms with Gasteiger partial charge in [0, 0.05) is 5.56 Å². The third-order valence-electron chi connectivity index (χ3n) is 4.30. The summed E-state index contributed by atoms with van der Waals surface area (Å²) >= 11 is 11.8. The van der Waals surface area contributed by atoms with E-state index in [1.165, 1.54) is 21.5 Å². The summed E-state index contributed by atoms with van der Waals surface area (Å²) in [4.78, 5) is 12.2. The second kappa shape index (κ2) is 5.00. The molecule has 0 atom stereocenters. The first kappa shape index (κ1) is 13.9. The summed E-state index contributed by atoms with van der Waals surface area (Å²) in [5, 5.41) is 7.48. The van der Waals surface area contributed by atoms with Gasteiger partial charge in [-0.25, -0.2) is 0 Å². The van der Waals surface area contributed by atoms with E-state index in [1.54, 1.807) is 0 Å². The second-order valence-electron chi connectivity index (χ2n) is 5.70. The van der Waals surface area contributed by atoms with Gasteiger partial charge in [-0.1, -0.05) is 42.5 Å². The average Bonchev–Trinajstić information content (AvgIpc) is 2.58. The van der Waals surface area contributed by atoms with E-state index in [4.69, 9.17) is 23.2 Å². The van der Waals surface area contributed by atoms with E-state index in [-0.39, 0.29) is 10.6 Å². The Kier molecular flexibility index (Phi) is 2.90. The van der Waals surface area contributed by atoms with Crippen LogP contribution < -0.4 is 0 Å². The van der Waals surface area contributed by atoms with E-state index >= 15 is 0 Å². The van der Waals surface area contributed by atoms with Crippen molar-refractivity contribution in [3.63, 3.8) is 0 Å². The van der Waals surface area contributed by atoms with Crippen molar-refractivity contribution in [1.82, 2.24) is 15.0 Å². The SMILES string of the molecule is Clc1nc(Cl)nc(-c2cc3ccc4cccc5ccc(c2)c3c45)n1. The van der Waals surface area contributed by atoms with Crippen LogP contribution in [0.25, 0.3) is 43.7 Å². The van der Waals surface area contributed by atoms with Crippen molar-refractivity contribution in [2.45, 2.75) is 0 Å². The largest absolute Gasteiger partial charge is 0.227 e. The minimum Gasteiger partial charge on any atom is -0.198 e. The van der Waals surface area contributed by atoms with E-state index in [1.807, 2.05) is 0 Å². The van der Waals surface area contributed by atoms with Gasteiger partial charge in [0.15, 0.2) is 5.82 Å². The molecule has 0 radical (unpaired) electrons. The van der Waals surface area contributed by atoms with Gasteiger partial charge in [-0.2, -0.15) is 15.0 Å². The fourth-order valence-electron chi connectivity index (χ4n) is 3.34. The highest BCUT2D eigenvalue weighted by molar-refractivity contribution is 6.31. The van der Waals surface area contributed by atoms with Crippen LogP contribution in [-0.2, 0) is 0 Å². The number of hydrogen-bond acceptors (Lipinski definition) is 3. The zero-order chi connectivity index (χ0) is 16.3. The van der Waals surface area contributed by atoms with Gasteiger partial charge in [-0.05, 0) is 67.7 Å². The Labute approximate surface area is 147 Å². The van der Waals surface area contributed by atoms with Gasteiger partial charge in [0.05, 0.1) is 0 Å². The summed E-state index contributed by atoms with van der Waals surface area (Å²) in [7, 11) is 0. The Morgan fingerprint density at radius 3 is 1.67 bits per heavy atom. The van der Waals surface area contributed by atoms with E-state index in [2.05, 4.69) is 69.5 Å². The standard InChI is InChI=1S/C19H9Cl2N3/c20-18-22-17(23-19(21)24-18)14-8-12-6-4-10-2-1-3-11-5-7-13(9-14)16(12)15(10)11/h1-9H. The molecular weight excluding hydrogens is 341 g/mol. The van der Waals surface area contributed by atoms with E-state index in [0.29, 0.717) is 5.82 Å². The summed E-state index contributed by atoms with van der Waals surface area (Å²) in [5.41, 5.74) is 0.868. The molecule has 0 aliphatic rings. The maximum atomic E-state index is 5.92. The minimum absolute atomic E-state index is 0.0927. The van der Waals surface area contributed by atoms with Gasteiger partial charge < -0.3 is 0 Å². The molecule has 0 bridgehead atoms. The van der Waals surface area contributed by atoms with Crippen molar-refractivity contribution < 1.29 is 0 Å². The lowest BCUT2D eigenvalue weighted by molar-refractivity contribution is 1.06. The summed E-state index contributed by atoms with van der Waals surface area (Å²) in [6.07, 6.45) is 0. The predicted molar refractivity (Wildman–Crippen MR) is 99.0 cm³/mol. The van der Waals surface area contributed by atoms with Gasteiger partial charge in [0.2, 0.25) is 10.6 Å². The number of hydrogen-bond donors (Lipinski definition) is 0. The molecule has 0 unspecified atom stereocenters. The zero-order valence-corrected chi connectivity index (χ0v) is 13.8. The van der Waals surface area contributed by atoms with Gasteiger partial charge in [-0.15, -0.1) is 0 Å². The zero-order valence-electron chi connectivity index (χ0n) is 12.3. The molecule has 114 valence electrons. The fourth-order valence-corrected chi connectivity index (χ4v) is 3.70. The number of halogens is 2. The predicted octanol–water partition coefficient (Wildman–Crippen LogP) is 5.74. The number of benzene rings is 4. The van der Waals surface area contributed by atoms with Crippen molar-refractivity contribution in [1.29, 1.82) is 0 Å². The van der Waals surface area contributed by atoms with Crippen LogP contribution in [0, 0.1) is 0 Å². The smallest absolute Gasteiger partial charge is 0.198 e. The molecule has 0 aliphatic carbocycles. The van der Waals surface area contributed by atoms with Crippen LogP contribution in [0.15, 0.2) is 54.6 Å². The molecule has 3 nitrogen and oxygen atoms in total. The van der Waals surface area contributed by atoms with Crippen molar-refractivity contribution in [3.05, 3.63) is 65.2 Å². The lowest BCUT2D eigenvalue weighted by atomic mass is 9.93. The summed E-state index contributed by atoms with van der Waals surface area (Å²) in [6, 6.07) is 19.0. The molecule has 24 heavy (non-hydrogen) atoms. The van der Waals surface area contributed by atoms with Crippen molar-refractivity contribution in [3.8, 4) is 11.4 Å². The van der Waals surface area contributed by atoms with Crippen LogP contribution >= 0.6 is 23.2 Å². The normalized spacial score (nSPS) is 11.8. The Bertz CT molecular complexity index is 1150. The molecule has 5 rings (SSSR count). The van der Waals surface area contributed by atoms with Gasteiger partial charge in [0.1, 0.15) is 0 Å². The van der Waals surface area contributed by atoms with E-state index in [9.17, 15) is 0 Å². The molecule has 4 aromatic carbocycles. The molecule has 0 saturated heterocycles. The molecule has 5 heteroatoms. The monoisotopic (exact) mass is 349 g/mol. The first-order valence-corrected chi connectivity index (χ1v) is 8.20. The highest BCUT2D eigenvalue weighted by Gasteiger charge is 2.12. The average molecular weight is 350 g/mol. The number of rotatable bonds is 1. The first-order valence-electron chi connectivity index (χ1n) is 7.44. The lowest BCUT2D eigenvalue weighted by Gasteiger charge is -2.12. The van der Waals surface area contributed by atoms with Gasteiger partial charge in [0.25, 0.3) is 0 Å². The number of nitrogens with zero attached hydrogens (tertiary/aromatic N) is 3. The molecular formula is C19H9Cl2N3. The Balaban J connectivity index is 1.89. The third kappa shape index (κ3) is 2.02. The molecule has 0 N–H and O–H groups in total. The van der Waals surface area contributed by atoms with Gasteiger partial charge >= 0.3 is 0 Å². The molecule has 5 aromatic rings. The van der Waals surface area contributed by atoms with Crippen LogP contribution in [0.3, 0.4) is 0 Å². The molecule has 1 aromatic heterocycles. The van der Waals surface area contributed by atoms with E-state index in [0.717, 1.165) is 16.3 Å². The lowest BCUT2D eigenvalue weighted by Crippen LogP contribution is -1.94. The minimum atomic E-state index is 0.0927. The maximum absolute atomic E-state index is 5.92. The van der Waals surface area contributed by atoms with Crippen molar-refractivity contribution in [2.75, 3.05) is 0 Å². The molecule has 0 amide bonds. The molecule has 0 fully saturated rings. The van der Waals surface area contributed by atoms with Crippen LogP contribution in [0.2, 0.25) is 10.6 Å². The maximum Gasteiger partial charge on any atom is 0.227 e. The van der Waals surface area contributed by atoms with Crippen molar-refractivity contribution >= 4 is 55.5 Å². The van der Waals surface area contributed by atoms with Crippen molar-refractivity contribution in [2.24, 2.45) is 0 Å².